The Hall–Kier alpha value is -1.52. The molecule has 2 heterocycles. The van der Waals surface area contributed by atoms with Crippen LogP contribution in [0.5, 0.6) is 0 Å². The van der Waals surface area contributed by atoms with Crippen molar-refractivity contribution in [3.63, 3.8) is 0 Å². The minimum absolute atomic E-state index is 0.00748. The lowest BCUT2D eigenvalue weighted by Crippen LogP contribution is -2.51. The van der Waals surface area contributed by atoms with Crippen LogP contribution >= 0.6 is 11.8 Å². The van der Waals surface area contributed by atoms with Gasteiger partial charge in [-0.05, 0) is 19.4 Å². The number of carboxylic acids is 1. The van der Waals surface area contributed by atoms with Crippen LogP contribution < -0.4 is 5.32 Å². The number of H-pyrrole nitrogens is 1. The summed E-state index contributed by atoms with van der Waals surface area (Å²) in [7, 11) is -3.65. The van der Waals surface area contributed by atoms with Crippen LogP contribution in [0.2, 0.25) is 0 Å². The lowest BCUT2D eigenvalue weighted by Gasteiger charge is -2.25. The molecule has 1 aromatic heterocycles. The molecule has 0 radical (unpaired) electrons. The number of carbonyl (C=O) groups excluding carboxylic acids is 1. The Kier molecular flexibility index (Phi) is 5.61. The van der Waals surface area contributed by atoms with Crippen LogP contribution in [0.15, 0.2) is 17.2 Å². The Bertz CT molecular complexity index is 725. The largest absolute Gasteiger partial charge is 0.480 e. The summed E-state index contributed by atoms with van der Waals surface area (Å²) in [4.78, 5) is 26.1. The Balaban J connectivity index is 2.18. The summed E-state index contributed by atoms with van der Waals surface area (Å²) in [6.07, 6.45) is 1.46. The summed E-state index contributed by atoms with van der Waals surface area (Å²) < 4.78 is 26.5. The number of aromatic amines is 1. The van der Waals surface area contributed by atoms with Gasteiger partial charge in [0.2, 0.25) is 10.0 Å². The molecule has 1 atom stereocenters. The highest BCUT2D eigenvalue weighted by Gasteiger charge is 2.34. The van der Waals surface area contributed by atoms with E-state index in [1.54, 1.807) is 18.7 Å². The smallest absolute Gasteiger partial charge is 0.329 e. The predicted molar refractivity (Wildman–Crippen MR) is 90.7 cm³/mol. The average Bonchev–Trinajstić information content (AvgIpc) is 3.06. The zero-order valence-corrected chi connectivity index (χ0v) is 15.2. The zero-order valence-electron chi connectivity index (χ0n) is 13.5. The number of hydrogen-bond acceptors (Lipinski definition) is 5. The van der Waals surface area contributed by atoms with Gasteiger partial charge in [0.25, 0.3) is 5.91 Å². The highest BCUT2D eigenvalue weighted by molar-refractivity contribution is 7.99. The monoisotopic (exact) mass is 375 g/mol. The third kappa shape index (κ3) is 3.76. The van der Waals surface area contributed by atoms with E-state index >= 15 is 0 Å². The molecule has 1 saturated heterocycles. The van der Waals surface area contributed by atoms with Gasteiger partial charge in [-0.25, -0.2) is 13.2 Å². The van der Waals surface area contributed by atoms with Crippen molar-refractivity contribution in [2.75, 3.05) is 24.6 Å². The van der Waals surface area contributed by atoms with Crippen LogP contribution in [0.25, 0.3) is 0 Å². The molecule has 10 heteroatoms. The van der Waals surface area contributed by atoms with Gasteiger partial charge in [-0.3, -0.25) is 4.79 Å². The second kappa shape index (κ2) is 7.16. The van der Waals surface area contributed by atoms with E-state index in [4.69, 9.17) is 0 Å². The van der Waals surface area contributed by atoms with E-state index in [0.29, 0.717) is 13.1 Å². The number of aromatic nitrogens is 1. The minimum atomic E-state index is -3.65. The number of carboxylic acid groups (broad SMARTS) is 1. The first kappa shape index (κ1) is 18.8. The van der Waals surface area contributed by atoms with Gasteiger partial charge in [0.1, 0.15) is 16.1 Å². The number of hydrogen-bond donors (Lipinski definition) is 3. The summed E-state index contributed by atoms with van der Waals surface area (Å²) in [5.74, 6) is -0.324. The van der Waals surface area contributed by atoms with Crippen LogP contribution in [-0.4, -0.2) is 64.8 Å². The first-order valence-corrected chi connectivity index (χ1v) is 10.1. The van der Waals surface area contributed by atoms with Gasteiger partial charge < -0.3 is 15.4 Å². The summed E-state index contributed by atoms with van der Waals surface area (Å²) in [5, 5.41) is 11.6. The van der Waals surface area contributed by atoms with Gasteiger partial charge in [-0.1, -0.05) is 6.92 Å². The van der Waals surface area contributed by atoms with Crippen LogP contribution in [0.3, 0.4) is 0 Å². The zero-order chi connectivity index (χ0) is 18.0. The molecule has 0 aromatic carbocycles. The maximum atomic E-state index is 12.5. The second-order valence-electron chi connectivity index (χ2n) is 5.71. The van der Waals surface area contributed by atoms with Gasteiger partial charge in [0.05, 0.1) is 0 Å². The SMILES string of the molecule is CCC(C)(NC(=O)c1cc(S(=O)(=O)N2CCSCC2)c[nH]1)C(=O)O. The third-order valence-corrected chi connectivity index (χ3v) is 6.90. The predicted octanol–water partition coefficient (Wildman–Crippen LogP) is 0.735. The summed E-state index contributed by atoms with van der Waals surface area (Å²) in [6, 6.07) is 1.24. The number of sulfonamides is 1. The molecule has 1 fully saturated rings. The fourth-order valence-electron chi connectivity index (χ4n) is 2.20. The van der Waals surface area contributed by atoms with E-state index in [-0.39, 0.29) is 17.0 Å². The molecule has 134 valence electrons. The van der Waals surface area contributed by atoms with Crippen LogP contribution in [-0.2, 0) is 14.8 Å². The Morgan fingerprint density at radius 3 is 2.58 bits per heavy atom. The first-order valence-electron chi connectivity index (χ1n) is 7.53. The molecule has 24 heavy (non-hydrogen) atoms. The summed E-state index contributed by atoms with van der Waals surface area (Å²) in [5.41, 5.74) is -1.40. The fraction of sp³-hybridized carbons (Fsp3) is 0.571. The molecule has 8 nitrogen and oxygen atoms in total. The van der Waals surface area contributed by atoms with Crippen molar-refractivity contribution < 1.29 is 23.1 Å². The Morgan fingerprint density at radius 1 is 1.42 bits per heavy atom. The third-order valence-electron chi connectivity index (χ3n) is 4.08. The first-order chi connectivity index (χ1) is 11.2. The highest BCUT2D eigenvalue weighted by Crippen LogP contribution is 2.21. The molecule has 1 unspecified atom stereocenters. The van der Waals surface area contributed by atoms with Crippen molar-refractivity contribution in [2.45, 2.75) is 30.7 Å². The molecule has 0 saturated carbocycles. The Labute approximate surface area is 145 Å². The van der Waals surface area contributed by atoms with Gasteiger partial charge in [-0.2, -0.15) is 16.1 Å². The summed E-state index contributed by atoms with van der Waals surface area (Å²) in [6.45, 7) is 3.92. The molecule has 2 rings (SSSR count). The number of rotatable bonds is 6. The van der Waals surface area contributed by atoms with Crippen molar-refractivity contribution in [3.05, 3.63) is 18.0 Å². The maximum Gasteiger partial charge on any atom is 0.329 e. The molecule has 1 aliphatic rings. The van der Waals surface area contributed by atoms with Crippen molar-refractivity contribution in [2.24, 2.45) is 0 Å². The number of nitrogens with zero attached hydrogens (tertiary/aromatic N) is 1. The van der Waals surface area contributed by atoms with Crippen LogP contribution in [0.1, 0.15) is 30.8 Å². The van der Waals surface area contributed by atoms with Gasteiger partial charge in [0, 0.05) is 30.8 Å². The lowest BCUT2D eigenvalue weighted by atomic mass is 9.99. The number of thioether (sulfide) groups is 1. The van der Waals surface area contributed by atoms with Crippen molar-refractivity contribution >= 4 is 33.7 Å². The molecule has 1 aromatic rings. The van der Waals surface area contributed by atoms with Gasteiger partial charge in [-0.15, -0.1) is 0 Å². The Morgan fingerprint density at radius 2 is 2.04 bits per heavy atom. The maximum absolute atomic E-state index is 12.5. The quantitative estimate of drug-likeness (QED) is 0.674. The van der Waals surface area contributed by atoms with Gasteiger partial charge >= 0.3 is 5.97 Å². The molecule has 3 N–H and O–H groups in total. The number of nitrogens with one attached hydrogen (secondary N) is 2. The fourth-order valence-corrected chi connectivity index (χ4v) is 4.77. The standard InChI is InChI=1S/C14H21N3O5S2/c1-3-14(2,13(19)20)16-12(18)11-8-10(9-15-11)24(21,22)17-4-6-23-7-5-17/h8-9,15H,3-7H2,1-2H3,(H,16,18)(H,19,20). The molecule has 0 aliphatic carbocycles. The van der Waals surface area contributed by atoms with E-state index in [2.05, 4.69) is 10.3 Å². The molecular formula is C14H21N3O5S2. The van der Waals surface area contributed by atoms with Crippen molar-refractivity contribution in [1.29, 1.82) is 0 Å². The van der Waals surface area contributed by atoms with Gasteiger partial charge in [0.15, 0.2) is 0 Å². The molecule has 1 aliphatic heterocycles. The van der Waals surface area contributed by atoms with Crippen molar-refractivity contribution in [1.82, 2.24) is 14.6 Å². The minimum Gasteiger partial charge on any atom is -0.480 e. The van der Waals surface area contributed by atoms with Crippen molar-refractivity contribution in [3.8, 4) is 0 Å². The molecular weight excluding hydrogens is 354 g/mol. The molecule has 0 bridgehead atoms. The normalized spacial score (nSPS) is 18.8. The van der Waals surface area contributed by atoms with E-state index in [1.165, 1.54) is 23.5 Å². The molecule has 1 amide bonds. The highest BCUT2D eigenvalue weighted by atomic mass is 32.2. The number of carbonyl (C=O) groups is 2. The molecule has 0 spiro atoms. The number of aliphatic carboxylic acids is 1. The van der Waals surface area contributed by atoms with E-state index in [0.717, 1.165) is 11.5 Å². The second-order valence-corrected chi connectivity index (χ2v) is 8.87. The number of amides is 1. The lowest BCUT2D eigenvalue weighted by molar-refractivity contribution is -0.143. The van der Waals surface area contributed by atoms with E-state index in [9.17, 15) is 23.1 Å². The average molecular weight is 375 g/mol. The summed E-state index contributed by atoms with van der Waals surface area (Å²) >= 11 is 1.70. The van der Waals surface area contributed by atoms with Crippen LogP contribution in [0.4, 0.5) is 0 Å². The van der Waals surface area contributed by atoms with E-state index in [1.807, 2.05) is 0 Å². The topological polar surface area (TPSA) is 120 Å². The van der Waals surface area contributed by atoms with E-state index < -0.39 is 27.4 Å². The van der Waals surface area contributed by atoms with Crippen LogP contribution in [0, 0.1) is 0 Å².